The average Bonchev–Trinajstić information content (AvgIpc) is 2.71. The number of piperidine rings is 1. The molecule has 0 saturated carbocycles. The molecule has 0 spiro atoms. The lowest BCUT2D eigenvalue weighted by atomic mass is 9.82. The molecule has 2 fully saturated rings. The molecule has 5 nitrogen and oxygen atoms in total. The van der Waals surface area contributed by atoms with Crippen LogP contribution in [0.25, 0.3) is 0 Å². The van der Waals surface area contributed by atoms with Crippen molar-refractivity contribution in [1.82, 2.24) is 9.88 Å². The van der Waals surface area contributed by atoms with E-state index in [0.29, 0.717) is 19.3 Å². The first-order valence-electron chi connectivity index (χ1n) is 8.39. The number of carbonyl (C=O) groups excluding carboxylic acids is 1. The fraction of sp³-hybridized carbons (Fsp3) is 0.667. The van der Waals surface area contributed by atoms with Crippen molar-refractivity contribution in [2.75, 3.05) is 0 Å². The first-order chi connectivity index (χ1) is 10.8. The minimum Gasteiger partial charge on any atom is -0.444 e. The summed E-state index contributed by atoms with van der Waals surface area (Å²) < 4.78 is 5.54. The maximum atomic E-state index is 12.5. The summed E-state index contributed by atoms with van der Waals surface area (Å²) in [5.41, 5.74) is -0.364. The largest absolute Gasteiger partial charge is 0.444 e. The zero-order valence-corrected chi connectivity index (χ0v) is 14.2. The molecule has 3 heterocycles. The summed E-state index contributed by atoms with van der Waals surface area (Å²) in [7, 11) is 0. The Bertz CT molecular complexity index is 553. The lowest BCUT2D eigenvalue weighted by Gasteiger charge is -2.43. The van der Waals surface area contributed by atoms with E-state index in [1.165, 1.54) is 0 Å². The summed E-state index contributed by atoms with van der Waals surface area (Å²) in [5.74, 6) is 0. The van der Waals surface area contributed by atoms with Crippen LogP contribution in [0.15, 0.2) is 24.4 Å². The van der Waals surface area contributed by atoms with Crippen molar-refractivity contribution in [3.05, 3.63) is 30.1 Å². The van der Waals surface area contributed by atoms with Crippen LogP contribution in [0.1, 0.15) is 52.1 Å². The molecule has 5 heteroatoms. The van der Waals surface area contributed by atoms with Crippen LogP contribution >= 0.6 is 0 Å². The molecule has 126 valence electrons. The Morgan fingerprint density at radius 2 is 2.00 bits per heavy atom. The smallest absolute Gasteiger partial charge is 0.410 e. The maximum absolute atomic E-state index is 12.5. The fourth-order valence-electron chi connectivity index (χ4n) is 3.92. The third kappa shape index (κ3) is 3.66. The second-order valence-corrected chi connectivity index (χ2v) is 7.90. The lowest BCUT2D eigenvalue weighted by Crippen LogP contribution is -2.55. The van der Waals surface area contributed by atoms with Crippen molar-refractivity contribution < 1.29 is 14.6 Å². The zero-order chi connectivity index (χ0) is 16.7. The molecule has 1 aromatic rings. The van der Waals surface area contributed by atoms with E-state index in [9.17, 15) is 9.90 Å². The van der Waals surface area contributed by atoms with E-state index < -0.39 is 11.2 Å². The van der Waals surface area contributed by atoms with Crippen LogP contribution in [0.4, 0.5) is 4.79 Å². The SMILES string of the molecule is CC(C)(C)OC(=O)N1C2CCC1CC(O)(Cc1ccccn1)C2. The molecule has 2 saturated heterocycles. The van der Waals surface area contributed by atoms with E-state index in [4.69, 9.17) is 4.74 Å². The summed E-state index contributed by atoms with van der Waals surface area (Å²) in [4.78, 5) is 18.6. The third-order valence-electron chi connectivity index (χ3n) is 4.69. The highest BCUT2D eigenvalue weighted by molar-refractivity contribution is 5.69. The van der Waals surface area contributed by atoms with E-state index in [-0.39, 0.29) is 18.2 Å². The average molecular weight is 318 g/mol. The van der Waals surface area contributed by atoms with Gasteiger partial charge in [0.1, 0.15) is 5.60 Å². The molecule has 2 unspecified atom stereocenters. The highest BCUT2D eigenvalue weighted by Crippen LogP contribution is 2.42. The van der Waals surface area contributed by atoms with Crippen molar-refractivity contribution in [1.29, 1.82) is 0 Å². The molecule has 1 N–H and O–H groups in total. The van der Waals surface area contributed by atoms with Gasteiger partial charge in [-0.1, -0.05) is 6.07 Å². The highest BCUT2D eigenvalue weighted by atomic mass is 16.6. The monoisotopic (exact) mass is 318 g/mol. The number of aliphatic hydroxyl groups is 1. The van der Waals surface area contributed by atoms with Crippen molar-refractivity contribution in [2.45, 2.75) is 76.2 Å². The van der Waals surface area contributed by atoms with Gasteiger partial charge in [-0.2, -0.15) is 0 Å². The van der Waals surface area contributed by atoms with Crippen LogP contribution in [0.5, 0.6) is 0 Å². The molecule has 0 radical (unpaired) electrons. The number of hydrogen-bond donors (Lipinski definition) is 1. The second kappa shape index (κ2) is 5.78. The van der Waals surface area contributed by atoms with E-state index in [0.717, 1.165) is 18.5 Å². The van der Waals surface area contributed by atoms with Gasteiger partial charge in [-0.05, 0) is 58.6 Å². The zero-order valence-electron chi connectivity index (χ0n) is 14.2. The molecule has 2 atom stereocenters. The van der Waals surface area contributed by atoms with Crippen LogP contribution in [0.3, 0.4) is 0 Å². The third-order valence-corrected chi connectivity index (χ3v) is 4.69. The summed E-state index contributed by atoms with van der Waals surface area (Å²) in [6, 6.07) is 5.90. The predicted octanol–water partition coefficient (Wildman–Crippen LogP) is 2.92. The van der Waals surface area contributed by atoms with E-state index in [2.05, 4.69) is 4.98 Å². The van der Waals surface area contributed by atoms with Gasteiger partial charge in [-0.25, -0.2) is 4.79 Å². The van der Waals surface area contributed by atoms with Crippen molar-refractivity contribution >= 4 is 6.09 Å². The first-order valence-corrected chi connectivity index (χ1v) is 8.39. The number of hydrogen-bond acceptors (Lipinski definition) is 4. The molecule has 2 aliphatic heterocycles. The molecule has 0 aliphatic carbocycles. The molecule has 2 bridgehead atoms. The van der Waals surface area contributed by atoms with Gasteiger partial charge in [0.05, 0.1) is 5.60 Å². The Labute approximate surface area is 137 Å². The number of amides is 1. The first kappa shape index (κ1) is 16.2. The number of fused-ring (bicyclic) bond motifs is 2. The molecule has 23 heavy (non-hydrogen) atoms. The van der Waals surface area contributed by atoms with Crippen LogP contribution in [-0.2, 0) is 11.2 Å². The normalized spacial score (nSPS) is 30.3. The summed E-state index contributed by atoms with van der Waals surface area (Å²) in [6.45, 7) is 5.65. The molecule has 1 amide bonds. The molecular formula is C18H26N2O3. The second-order valence-electron chi connectivity index (χ2n) is 7.90. The van der Waals surface area contributed by atoms with Gasteiger partial charge in [0, 0.05) is 30.4 Å². The van der Waals surface area contributed by atoms with Crippen molar-refractivity contribution in [3.63, 3.8) is 0 Å². The highest BCUT2D eigenvalue weighted by Gasteiger charge is 2.50. The van der Waals surface area contributed by atoms with E-state index in [1.54, 1.807) is 6.20 Å². The van der Waals surface area contributed by atoms with Gasteiger partial charge in [-0.15, -0.1) is 0 Å². The predicted molar refractivity (Wildman–Crippen MR) is 87.0 cm³/mol. The Balaban J connectivity index is 1.70. The summed E-state index contributed by atoms with van der Waals surface area (Å²) in [5, 5.41) is 11.0. The minimum absolute atomic E-state index is 0.0670. The topological polar surface area (TPSA) is 62.7 Å². The molecular weight excluding hydrogens is 292 g/mol. The van der Waals surface area contributed by atoms with Gasteiger partial charge in [-0.3, -0.25) is 4.98 Å². The quantitative estimate of drug-likeness (QED) is 0.911. The molecule has 2 aliphatic rings. The summed E-state index contributed by atoms with van der Waals surface area (Å²) in [6.07, 6.45) is 5.12. The molecule has 1 aromatic heterocycles. The Morgan fingerprint density at radius 1 is 1.35 bits per heavy atom. The summed E-state index contributed by atoms with van der Waals surface area (Å²) >= 11 is 0. The van der Waals surface area contributed by atoms with Crippen molar-refractivity contribution in [2.24, 2.45) is 0 Å². The number of nitrogens with zero attached hydrogens (tertiary/aromatic N) is 2. The molecule has 3 rings (SSSR count). The van der Waals surface area contributed by atoms with Gasteiger partial charge in [0.25, 0.3) is 0 Å². The van der Waals surface area contributed by atoms with Crippen LogP contribution in [0, 0.1) is 0 Å². The van der Waals surface area contributed by atoms with Crippen LogP contribution in [0.2, 0.25) is 0 Å². The number of carbonyl (C=O) groups is 1. The standard InChI is InChI=1S/C18H26N2O3/c1-17(2,3)23-16(21)20-14-7-8-15(20)12-18(22,11-14)10-13-6-4-5-9-19-13/h4-6,9,14-15,22H,7-8,10-12H2,1-3H3. The van der Waals surface area contributed by atoms with Gasteiger partial charge >= 0.3 is 6.09 Å². The lowest BCUT2D eigenvalue weighted by molar-refractivity contribution is -0.0583. The van der Waals surface area contributed by atoms with Gasteiger partial charge < -0.3 is 14.7 Å². The fourth-order valence-corrected chi connectivity index (χ4v) is 3.92. The van der Waals surface area contributed by atoms with Crippen LogP contribution < -0.4 is 0 Å². The Kier molecular flexibility index (Phi) is 4.08. The van der Waals surface area contributed by atoms with Crippen molar-refractivity contribution in [3.8, 4) is 0 Å². The minimum atomic E-state index is -0.779. The number of rotatable bonds is 2. The van der Waals surface area contributed by atoms with E-state index in [1.807, 2.05) is 43.9 Å². The Hall–Kier alpha value is -1.62. The molecule has 0 aromatic carbocycles. The number of ether oxygens (including phenoxy) is 1. The maximum Gasteiger partial charge on any atom is 0.410 e. The van der Waals surface area contributed by atoms with Crippen LogP contribution in [-0.4, -0.2) is 44.4 Å². The number of aromatic nitrogens is 1. The number of pyridine rings is 1. The van der Waals surface area contributed by atoms with E-state index >= 15 is 0 Å². The van der Waals surface area contributed by atoms with Gasteiger partial charge in [0.2, 0.25) is 0 Å². The Morgan fingerprint density at radius 3 is 2.52 bits per heavy atom. The van der Waals surface area contributed by atoms with Gasteiger partial charge in [0.15, 0.2) is 0 Å².